The van der Waals surface area contributed by atoms with Crippen molar-refractivity contribution in [1.29, 1.82) is 0 Å². The minimum absolute atomic E-state index is 0.399. The third-order valence-corrected chi connectivity index (χ3v) is 3.10. The van der Waals surface area contributed by atoms with Gasteiger partial charge in [-0.25, -0.2) is 4.79 Å². The van der Waals surface area contributed by atoms with Gasteiger partial charge in [0.25, 0.3) is 0 Å². The molecule has 5 heteroatoms. The Morgan fingerprint density at radius 2 is 2.06 bits per heavy atom. The van der Waals surface area contributed by atoms with Crippen LogP contribution < -0.4 is 9.47 Å². The molecule has 0 aromatic heterocycles. The van der Waals surface area contributed by atoms with Crippen LogP contribution in [0.5, 0.6) is 11.5 Å². The van der Waals surface area contributed by atoms with Crippen LogP contribution in [0.2, 0.25) is 0 Å². The van der Waals surface area contributed by atoms with Crippen molar-refractivity contribution in [2.24, 2.45) is 0 Å². The molecule has 1 aliphatic heterocycles. The summed E-state index contributed by atoms with van der Waals surface area (Å²) in [7, 11) is 1.24. The molecule has 1 aliphatic rings. The maximum atomic E-state index is 11.5. The third-order valence-electron chi connectivity index (χ3n) is 3.10. The number of carbonyl (C=O) groups excluding carboxylic acids is 1. The van der Waals surface area contributed by atoms with Crippen LogP contribution in [-0.2, 0) is 9.53 Å². The molecule has 98 valence electrons. The molecule has 1 atom stereocenters. The zero-order valence-corrected chi connectivity index (χ0v) is 10.6. The summed E-state index contributed by atoms with van der Waals surface area (Å²) in [5, 5.41) is 10.0. The second-order valence-corrected chi connectivity index (χ2v) is 4.18. The molecule has 0 amide bonds. The molecular formula is C13H16O5. The fourth-order valence-electron chi connectivity index (χ4n) is 2.00. The molecule has 1 N–H and O–H groups in total. The highest BCUT2D eigenvalue weighted by atomic mass is 16.6. The van der Waals surface area contributed by atoms with E-state index < -0.39 is 12.1 Å². The minimum Gasteiger partial charge on any atom is -0.486 e. The maximum Gasteiger partial charge on any atom is 0.339 e. The van der Waals surface area contributed by atoms with E-state index in [0.29, 0.717) is 30.3 Å². The van der Waals surface area contributed by atoms with Crippen LogP contribution in [0.1, 0.15) is 22.8 Å². The molecule has 5 nitrogen and oxygen atoms in total. The van der Waals surface area contributed by atoms with E-state index in [2.05, 4.69) is 4.74 Å². The second kappa shape index (κ2) is 4.86. The molecule has 18 heavy (non-hydrogen) atoms. The lowest BCUT2D eigenvalue weighted by molar-refractivity contribution is -0.150. The Morgan fingerprint density at radius 3 is 2.72 bits per heavy atom. The van der Waals surface area contributed by atoms with E-state index in [4.69, 9.17) is 9.47 Å². The summed E-state index contributed by atoms with van der Waals surface area (Å²) in [4.78, 5) is 11.5. The third kappa shape index (κ3) is 2.01. The summed E-state index contributed by atoms with van der Waals surface area (Å²) in [5.41, 5.74) is 2.16. The van der Waals surface area contributed by atoms with Gasteiger partial charge in [0, 0.05) is 5.56 Å². The lowest BCUT2D eigenvalue weighted by atomic mass is 9.97. The molecule has 0 radical (unpaired) electrons. The first-order valence-electron chi connectivity index (χ1n) is 5.71. The van der Waals surface area contributed by atoms with Crippen molar-refractivity contribution in [3.8, 4) is 11.5 Å². The Labute approximate surface area is 105 Å². The van der Waals surface area contributed by atoms with Crippen LogP contribution in [0.4, 0.5) is 0 Å². The first-order chi connectivity index (χ1) is 8.56. The summed E-state index contributed by atoms with van der Waals surface area (Å²) < 4.78 is 15.6. The van der Waals surface area contributed by atoms with Crippen LogP contribution in [0.3, 0.4) is 0 Å². The van der Waals surface area contributed by atoms with Crippen molar-refractivity contribution >= 4 is 5.97 Å². The average Bonchev–Trinajstić information content (AvgIpc) is 2.38. The van der Waals surface area contributed by atoms with E-state index in [9.17, 15) is 9.90 Å². The number of hydrogen-bond donors (Lipinski definition) is 1. The van der Waals surface area contributed by atoms with Gasteiger partial charge in [0.1, 0.15) is 13.2 Å². The number of fused-ring (bicyclic) bond motifs is 1. The van der Waals surface area contributed by atoms with Crippen molar-refractivity contribution in [1.82, 2.24) is 0 Å². The van der Waals surface area contributed by atoms with Crippen molar-refractivity contribution < 1.29 is 24.1 Å². The standard InChI is InChI=1S/C13H16O5/c1-7-6-9-12(18-5-4-17-9)10(8(7)2)11(14)13(15)16-3/h6,11,14H,4-5H2,1-3H3. The van der Waals surface area contributed by atoms with E-state index in [-0.39, 0.29) is 0 Å². The van der Waals surface area contributed by atoms with Crippen LogP contribution in [0.15, 0.2) is 6.07 Å². The highest BCUT2D eigenvalue weighted by Crippen LogP contribution is 2.41. The SMILES string of the molecule is COC(=O)C(O)c1c(C)c(C)cc2c1OCCO2. The predicted molar refractivity (Wildman–Crippen MR) is 63.9 cm³/mol. The number of carbonyl (C=O) groups is 1. The lowest BCUT2D eigenvalue weighted by Gasteiger charge is -2.25. The van der Waals surface area contributed by atoms with Gasteiger partial charge in [-0.1, -0.05) is 0 Å². The van der Waals surface area contributed by atoms with E-state index in [1.54, 1.807) is 0 Å². The van der Waals surface area contributed by atoms with Gasteiger partial charge in [-0.05, 0) is 31.0 Å². The minimum atomic E-state index is -1.36. The largest absolute Gasteiger partial charge is 0.486 e. The average molecular weight is 252 g/mol. The molecular weight excluding hydrogens is 236 g/mol. The smallest absolute Gasteiger partial charge is 0.339 e. The zero-order chi connectivity index (χ0) is 13.3. The molecule has 0 saturated carbocycles. The van der Waals surface area contributed by atoms with Gasteiger partial charge in [0.05, 0.1) is 7.11 Å². The van der Waals surface area contributed by atoms with Crippen LogP contribution in [0.25, 0.3) is 0 Å². The molecule has 1 aromatic carbocycles. The Hall–Kier alpha value is -1.75. The summed E-state index contributed by atoms with van der Waals surface area (Å²) in [5.74, 6) is 0.282. The first kappa shape index (κ1) is 12.7. The number of rotatable bonds is 2. The van der Waals surface area contributed by atoms with E-state index in [0.717, 1.165) is 11.1 Å². The molecule has 0 bridgehead atoms. The van der Waals surface area contributed by atoms with Gasteiger partial charge in [0.2, 0.25) is 0 Å². The number of hydrogen-bond acceptors (Lipinski definition) is 5. The van der Waals surface area contributed by atoms with Crippen molar-refractivity contribution in [3.05, 3.63) is 22.8 Å². The van der Waals surface area contributed by atoms with Gasteiger partial charge in [-0.2, -0.15) is 0 Å². The van der Waals surface area contributed by atoms with Gasteiger partial charge >= 0.3 is 5.97 Å². The van der Waals surface area contributed by atoms with Crippen LogP contribution >= 0.6 is 0 Å². The molecule has 0 saturated heterocycles. The second-order valence-electron chi connectivity index (χ2n) is 4.18. The quantitative estimate of drug-likeness (QED) is 0.803. The van der Waals surface area contributed by atoms with Crippen molar-refractivity contribution in [2.45, 2.75) is 20.0 Å². The summed E-state index contributed by atoms with van der Waals surface area (Å²) in [6.45, 7) is 4.58. The molecule has 1 heterocycles. The van der Waals surface area contributed by atoms with Crippen LogP contribution in [-0.4, -0.2) is 31.4 Å². The number of aliphatic hydroxyl groups excluding tert-OH is 1. The molecule has 0 aliphatic carbocycles. The summed E-state index contributed by atoms with van der Waals surface area (Å²) >= 11 is 0. The van der Waals surface area contributed by atoms with Gasteiger partial charge < -0.3 is 19.3 Å². The Morgan fingerprint density at radius 1 is 1.39 bits per heavy atom. The number of esters is 1. The van der Waals surface area contributed by atoms with E-state index >= 15 is 0 Å². The Balaban J connectivity index is 2.56. The molecule has 0 fully saturated rings. The predicted octanol–water partition coefficient (Wildman–Crippen LogP) is 1.28. The summed E-state index contributed by atoms with van der Waals surface area (Å²) in [6, 6.07) is 1.84. The number of methoxy groups -OCH3 is 1. The summed E-state index contributed by atoms with van der Waals surface area (Å²) in [6.07, 6.45) is -1.36. The monoisotopic (exact) mass is 252 g/mol. The highest BCUT2D eigenvalue weighted by molar-refractivity contribution is 5.79. The zero-order valence-electron chi connectivity index (χ0n) is 10.6. The van der Waals surface area contributed by atoms with Crippen molar-refractivity contribution in [2.75, 3.05) is 20.3 Å². The van der Waals surface area contributed by atoms with Crippen molar-refractivity contribution in [3.63, 3.8) is 0 Å². The highest BCUT2D eigenvalue weighted by Gasteiger charge is 2.29. The molecule has 1 aromatic rings. The number of aliphatic hydroxyl groups is 1. The van der Waals surface area contributed by atoms with E-state index in [1.807, 2.05) is 19.9 Å². The molecule has 0 spiro atoms. The number of aryl methyl sites for hydroxylation is 1. The van der Waals surface area contributed by atoms with Gasteiger partial charge in [0.15, 0.2) is 17.6 Å². The fourth-order valence-corrected chi connectivity index (χ4v) is 2.00. The number of ether oxygens (including phenoxy) is 3. The first-order valence-corrected chi connectivity index (χ1v) is 5.71. The Bertz CT molecular complexity index is 481. The number of benzene rings is 1. The van der Waals surface area contributed by atoms with Crippen LogP contribution in [0, 0.1) is 13.8 Å². The Kier molecular flexibility index (Phi) is 3.43. The fraction of sp³-hybridized carbons (Fsp3) is 0.462. The van der Waals surface area contributed by atoms with Gasteiger partial charge in [-0.3, -0.25) is 0 Å². The molecule has 2 rings (SSSR count). The topological polar surface area (TPSA) is 65.0 Å². The van der Waals surface area contributed by atoms with E-state index in [1.165, 1.54) is 7.11 Å². The maximum absolute atomic E-state index is 11.5. The van der Waals surface area contributed by atoms with Gasteiger partial charge in [-0.15, -0.1) is 0 Å². The lowest BCUT2D eigenvalue weighted by Crippen LogP contribution is -2.21. The normalized spacial score (nSPS) is 15.1. The molecule has 1 unspecified atom stereocenters.